The van der Waals surface area contributed by atoms with Crippen molar-refractivity contribution in [1.29, 1.82) is 21.0 Å². The van der Waals surface area contributed by atoms with Crippen LogP contribution in [0.1, 0.15) is 132 Å². The van der Waals surface area contributed by atoms with E-state index in [1.54, 1.807) is 12.2 Å². The predicted octanol–water partition coefficient (Wildman–Crippen LogP) is 15.1. The second-order valence-corrected chi connectivity index (χ2v) is 20.7. The molecule has 2 aromatic heterocycles. The van der Waals surface area contributed by atoms with Crippen molar-refractivity contribution in [3.05, 3.63) is 129 Å². The van der Waals surface area contributed by atoms with Crippen LogP contribution in [0.2, 0.25) is 0 Å². The SMILES string of the molecule is CCCCC(CC)CSC(SCC(CC)CCCC)=C1c2cc(/C=C3\C(=O)c4cc(F)c(F)cc4C3=C(C#N)C#N)sc2-c2sc(/C=C3\C(=O)c4cc(F)c(F)cc4C3=C(C#N)C#N)cc21. The summed E-state index contributed by atoms with van der Waals surface area (Å²) in [7, 11) is 0. The first-order chi connectivity index (χ1) is 31.9. The lowest BCUT2D eigenvalue weighted by molar-refractivity contribution is 0.103. The lowest BCUT2D eigenvalue weighted by Gasteiger charge is -2.19. The van der Waals surface area contributed by atoms with E-state index in [1.807, 2.05) is 59.9 Å². The predicted molar refractivity (Wildman–Crippen MR) is 259 cm³/mol. The minimum absolute atomic E-state index is 0.0400. The van der Waals surface area contributed by atoms with E-state index in [0.717, 1.165) is 118 Å². The maximum absolute atomic E-state index is 14.6. The van der Waals surface area contributed by atoms with Crippen LogP contribution in [0.25, 0.3) is 38.6 Å². The third kappa shape index (κ3) is 9.18. The maximum atomic E-state index is 14.6. The molecule has 2 heterocycles. The zero-order chi connectivity index (χ0) is 47.4. The second kappa shape index (κ2) is 20.8. The number of carbonyl (C=O) groups is 2. The summed E-state index contributed by atoms with van der Waals surface area (Å²) in [5, 5.41) is 39.8. The van der Waals surface area contributed by atoms with E-state index >= 15 is 0 Å². The molecule has 0 N–H and O–H groups in total. The van der Waals surface area contributed by atoms with Crippen molar-refractivity contribution in [2.24, 2.45) is 11.8 Å². The van der Waals surface area contributed by atoms with Gasteiger partial charge in [0.05, 0.1) is 9.75 Å². The van der Waals surface area contributed by atoms with Crippen LogP contribution in [0.15, 0.2) is 62.9 Å². The molecule has 0 saturated carbocycles. The first-order valence-electron chi connectivity index (χ1n) is 21.8. The number of carbonyl (C=O) groups excluding carboxylic acids is 2. The van der Waals surface area contributed by atoms with Crippen LogP contribution in [0.5, 0.6) is 0 Å². The first-order valence-corrected chi connectivity index (χ1v) is 25.4. The molecule has 0 spiro atoms. The summed E-state index contributed by atoms with van der Waals surface area (Å²) in [6.45, 7) is 8.78. The highest BCUT2D eigenvalue weighted by molar-refractivity contribution is 8.22. The number of nitrogens with zero attached hydrogens (tertiary/aromatic N) is 4. The van der Waals surface area contributed by atoms with Crippen LogP contribution in [0.4, 0.5) is 17.6 Å². The number of Topliss-reactive ketones (excluding diaryl/α,β-unsaturated/α-hetero) is 2. The molecule has 0 aliphatic heterocycles. The zero-order valence-electron chi connectivity index (χ0n) is 36.6. The number of allylic oxidation sites excluding steroid dienone is 6. The summed E-state index contributed by atoms with van der Waals surface area (Å²) in [5.41, 5.74) is 1.28. The van der Waals surface area contributed by atoms with E-state index in [9.17, 15) is 48.2 Å². The summed E-state index contributed by atoms with van der Waals surface area (Å²) in [5.74, 6) is -3.54. The van der Waals surface area contributed by atoms with Gasteiger partial charge in [0, 0.05) is 75.6 Å². The fourth-order valence-corrected chi connectivity index (χ4v) is 13.9. The summed E-state index contributed by atoms with van der Waals surface area (Å²) >= 11 is 6.34. The van der Waals surface area contributed by atoms with Crippen LogP contribution < -0.4 is 0 Å². The topological polar surface area (TPSA) is 129 Å². The Morgan fingerprint density at radius 3 is 1.26 bits per heavy atom. The van der Waals surface area contributed by atoms with E-state index in [4.69, 9.17) is 0 Å². The third-order valence-electron chi connectivity index (χ3n) is 12.1. The molecule has 334 valence electrons. The van der Waals surface area contributed by atoms with Gasteiger partial charge in [-0.05, 0) is 84.4 Å². The lowest BCUT2D eigenvalue weighted by atomic mass is 9.98. The highest BCUT2D eigenvalue weighted by atomic mass is 32.2. The number of thioether (sulfide) groups is 2. The Morgan fingerprint density at radius 1 is 0.561 bits per heavy atom. The number of hydrogen-bond donors (Lipinski definition) is 0. The van der Waals surface area contributed by atoms with E-state index < -0.39 is 46.0 Å². The van der Waals surface area contributed by atoms with Gasteiger partial charge in [-0.15, -0.1) is 46.2 Å². The molecule has 2 atom stereocenters. The Labute approximate surface area is 398 Å². The highest BCUT2D eigenvalue weighted by Crippen LogP contribution is 2.58. The smallest absolute Gasteiger partial charge is 0.194 e. The van der Waals surface area contributed by atoms with Gasteiger partial charge in [0.15, 0.2) is 34.8 Å². The van der Waals surface area contributed by atoms with E-state index in [0.29, 0.717) is 21.6 Å². The molecule has 3 aliphatic rings. The standard InChI is InChI=1S/C52H42F4N4O2S4/c1-5-9-11-27(7-3)25-63-52(64-26-28(8-4)12-10-6-2)47-39-15-31(13-37-45(29(21-57)22-58)33-17-41(53)43(55)19-35(33)48(37)61)65-50(39)51-40(47)16-32(66-51)14-38-46(30(23-59)24-60)34-18-42(54)44(56)20-36(34)49(38)62/h13-20,27-28H,5-12,25-26H2,1-4H3/b37-13-,38-14-. The van der Waals surface area contributed by atoms with Crippen LogP contribution in [-0.2, 0) is 0 Å². The van der Waals surface area contributed by atoms with Crippen molar-refractivity contribution in [1.82, 2.24) is 0 Å². The average molecular weight is 959 g/mol. The number of thiophene rings is 2. The van der Waals surface area contributed by atoms with Gasteiger partial charge in [0.1, 0.15) is 35.4 Å². The van der Waals surface area contributed by atoms with Gasteiger partial charge in [-0.25, -0.2) is 17.6 Å². The molecule has 4 aromatic rings. The molecule has 0 fully saturated rings. The zero-order valence-corrected chi connectivity index (χ0v) is 39.9. The van der Waals surface area contributed by atoms with Gasteiger partial charge in [0.25, 0.3) is 0 Å². The number of unbranched alkanes of at least 4 members (excludes halogenated alkanes) is 2. The Morgan fingerprint density at radius 2 is 0.924 bits per heavy atom. The van der Waals surface area contributed by atoms with Crippen LogP contribution in [0, 0.1) is 80.4 Å². The molecule has 2 unspecified atom stereocenters. The number of fused-ring (bicyclic) bond motifs is 5. The summed E-state index contributed by atoms with van der Waals surface area (Å²) in [4.78, 5) is 30.8. The van der Waals surface area contributed by atoms with Crippen molar-refractivity contribution in [2.45, 2.75) is 79.1 Å². The molecule has 0 radical (unpaired) electrons. The first kappa shape index (κ1) is 48.2. The highest BCUT2D eigenvalue weighted by Gasteiger charge is 2.38. The number of rotatable bonds is 16. The Balaban J connectivity index is 1.44. The van der Waals surface area contributed by atoms with Gasteiger partial charge in [-0.1, -0.05) is 66.2 Å². The van der Waals surface area contributed by atoms with Crippen molar-refractivity contribution >= 4 is 86.6 Å². The fourth-order valence-electron chi connectivity index (χ4n) is 8.47. The minimum atomic E-state index is -1.23. The molecule has 6 nitrogen and oxygen atoms in total. The number of hydrogen-bond acceptors (Lipinski definition) is 10. The van der Waals surface area contributed by atoms with Gasteiger partial charge in [-0.3, -0.25) is 9.59 Å². The molecular weight excluding hydrogens is 917 g/mol. The molecular formula is C52H42F4N4O2S4. The average Bonchev–Trinajstić information content (AvgIpc) is 4.09. The van der Waals surface area contributed by atoms with Gasteiger partial charge >= 0.3 is 0 Å². The van der Waals surface area contributed by atoms with Gasteiger partial charge < -0.3 is 0 Å². The lowest BCUT2D eigenvalue weighted by Crippen LogP contribution is -2.05. The van der Waals surface area contributed by atoms with Crippen molar-refractivity contribution in [2.75, 3.05) is 11.5 Å². The normalized spacial score (nSPS) is 15.5. The molecule has 0 saturated heterocycles. The van der Waals surface area contributed by atoms with Crippen LogP contribution in [0.3, 0.4) is 0 Å². The van der Waals surface area contributed by atoms with Crippen LogP contribution >= 0.6 is 46.2 Å². The van der Waals surface area contributed by atoms with Crippen molar-refractivity contribution in [3.8, 4) is 34.0 Å². The summed E-state index contributed by atoms with van der Waals surface area (Å²) in [6, 6.07) is 14.4. The molecule has 66 heavy (non-hydrogen) atoms. The van der Waals surface area contributed by atoms with Gasteiger partial charge in [0.2, 0.25) is 0 Å². The number of ketones is 2. The third-order valence-corrected chi connectivity index (χ3v) is 17.4. The van der Waals surface area contributed by atoms with E-state index in [2.05, 4.69) is 27.7 Å². The van der Waals surface area contributed by atoms with E-state index in [1.165, 1.54) is 22.7 Å². The molecule has 2 aromatic carbocycles. The molecule has 7 rings (SSSR count). The maximum Gasteiger partial charge on any atom is 0.194 e. The van der Waals surface area contributed by atoms with Crippen molar-refractivity contribution in [3.63, 3.8) is 0 Å². The molecule has 0 amide bonds. The second-order valence-electron chi connectivity index (χ2n) is 16.2. The molecule has 3 aliphatic carbocycles. The number of nitriles is 4. The summed E-state index contributed by atoms with van der Waals surface area (Å²) in [6.07, 6.45) is 11.7. The Hall–Kier alpha value is -5.74. The largest absolute Gasteiger partial charge is 0.289 e. The molecule has 14 heteroatoms. The number of halogens is 4. The van der Waals surface area contributed by atoms with Crippen LogP contribution in [-0.4, -0.2) is 23.1 Å². The Bertz CT molecular complexity index is 2800. The Kier molecular flexibility index (Phi) is 15.2. The number of benzene rings is 2. The fraction of sp³-hybridized carbons (Fsp3) is 0.308. The van der Waals surface area contributed by atoms with E-state index in [-0.39, 0.29) is 44.5 Å². The van der Waals surface area contributed by atoms with Crippen molar-refractivity contribution < 1.29 is 27.2 Å². The summed E-state index contributed by atoms with van der Waals surface area (Å²) < 4.78 is 59.4. The monoisotopic (exact) mass is 958 g/mol. The quantitative estimate of drug-likeness (QED) is 0.0543. The van der Waals surface area contributed by atoms with Gasteiger partial charge in [-0.2, -0.15) is 21.0 Å². The minimum Gasteiger partial charge on any atom is -0.289 e. The molecule has 0 bridgehead atoms.